The van der Waals surface area contributed by atoms with Gasteiger partial charge in [0.25, 0.3) is 0 Å². The lowest BCUT2D eigenvalue weighted by molar-refractivity contribution is -0.122. The van der Waals surface area contributed by atoms with E-state index in [1.807, 2.05) is 42.1 Å². The van der Waals surface area contributed by atoms with Crippen LogP contribution in [0.25, 0.3) is 0 Å². The smallest absolute Gasteiger partial charge is 0.237 e. The number of thioether (sulfide) groups is 1. The predicted octanol–water partition coefficient (Wildman–Crippen LogP) is 1.96. The summed E-state index contributed by atoms with van der Waals surface area (Å²) in [6.45, 7) is 0.746. The van der Waals surface area contributed by atoms with E-state index in [1.165, 1.54) is 19.3 Å². The van der Waals surface area contributed by atoms with Crippen LogP contribution in [0.1, 0.15) is 24.8 Å². The van der Waals surface area contributed by atoms with Crippen molar-refractivity contribution in [3.8, 4) is 0 Å². The number of amides is 1. The molecule has 1 amide bonds. The maximum Gasteiger partial charge on any atom is 0.237 e. The Bertz CT molecular complexity index is 412. The zero-order valence-electron chi connectivity index (χ0n) is 11.4. The van der Waals surface area contributed by atoms with Crippen molar-refractivity contribution < 1.29 is 4.79 Å². The van der Waals surface area contributed by atoms with E-state index in [2.05, 4.69) is 11.6 Å². The van der Waals surface area contributed by atoms with Crippen molar-refractivity contribution in [2.75, 3.05) is 12.8 Å². The van der Waals surface area contributed by atoms with Crippen LogP contribution in [0.15, 0.2) is 30.3 Å². The number of carbonyl (C=O) groups excluding carboxylic acids is 1. The third kappa shape index (κ3) is 3.74. The molecular weight excluding hydrogens is 256 g/mol. The van der Waals surface area contributed by atoms with E-state index < -0.39 is 6.04 Å². The van der Waals surface area contributed by atoms with Crippen molar-refractivity contribution in [2.24, 2.45) is 5.73 Å². The average molecular weight is 278 g/mol. The Balaban J connectivity index is 1.79. The van der Waals surface area contributed by atoms with Crippen LogP contribution in [0.4, 0.5) is 0 Å². The lowest BCUT2D eigenvalue weighted by Gasteiger charge is -2.40. The Labute approximate surface area is 119 Å². The predicted molar refractivity (Wildman–Crippen MR) is 81.2 cm³/mol. The highest BCUT2D eigenvalue weighted by Crippen LogP contribution is 2.42. The molecule has 1 aliphatic carbocycles. The molecule has 2 rings (SSSR count). The van der Waals surface area contributed by atoms with Gasteiger partial charge in [-0.2, -0.15) is 11.8 Å². The van der Waals surface area contributed by atoms with Crippen LogP contribution in [0.3, 0.4) is 0 Å². The first-order valence-corrected chi connectivity index (χ1v) is 8.00. The van der Waals surface area contributed by atoms with Crippen molar-refractivity contribution in [1.29, 1.82) is 0 Å². The van der Waals surface area contributed by atoms with Crippen molar-refractivity contribution in [2.45, 2.75) is 36.5 Å². The molecule has 1 aliphatic rings. The molecule has 1 fully saturated rings. The molecule has 0 aliphatic heterocycles. The van der Waals surface area contributed by atoms with E-state index in [1.54, 1.807) is 0 Å². The van der Waals surface area contributed by atoms with E-state index in [4.69, 9.17) is 5.73 Å². The molecule has 1 atom stereocenters. The summed E-state index contributed by atoms with van der Waals surface area (Å²) in [5.74, 6) is -0.0378. The second-order valence-electron chi connectivity index (χ2n) is 5.25. The Morgan fingerprint density at radius 3 is 2.63 bits per heavy atom. The molecule has 0 radical (unpaired) electrons. The van der Waals surface area contributed by atoms with Crippen molar-refractivity contribution >= 4 is 17.7 Å². The summed E-state index contributed by atoms with van der Waals surface area (Å²) in [5, 5.41) is 3.01. The number of nitrogens with two attached hydrogens (primary N) is 1. The van der Waals surface area contributed by atoms with Crippen LogP contribution >= 0.6 is 11.8 Å². The molecule has 3 N–H and O–H groups in total. The van der Waals surface area contributed by atoms with Gasteiger partial charge in [0.15, 0.2) is 0 Å². The average Bonchev–Trinajstić information content (AvgIpc) is 2.39. The van der Waals surface area contributed by atoms with Gasteiger partial charge in [-0.3, -0.25) is 4.79 Å². The number of nitrogens with one attached hydrogen (secondary N) is 1. The molecule has 0 saturated heterocycles. The van der Waals surface area contributed by atoms with Gasteiger partial charge >= 0.3 is 0 Å². The van der Waals surface area contributed by atoms with E-state index in [0.717, 1.165) is 12.1 Å². The van der Waals surface area contributed by atoms with Crippen LogP contribution in [-0.4, -0.2) is 29.5 Å². The zero-order chi connectivity index (χ0) is 13.7. The van der Waals surface area contributed by atoms with Crippen LogP contribution in [0, 0.1) is 0 Å². The number of benzene rings is 1. The van der Waals surface area contributed by atoms with Gasteiger partial charge < -0.3 is 11.1 Å². The summed E-state index contributed by atoms with van der Waals surface area (Å²) in [6.07, 6.45) is 6.38. The first kappa shape index (κ1) is 14.4. The molecule has 3 nitrogen and oxygen atoms in total. The third-order valence-corrected chi connectivity index (χ3v) is 5.34. The summed E-state index contributed by atoms with van der Waals surface area (Å²) in [6, 6.07) is 9.45. The Morgan fingerprint density at radius 1 is 1.42 bits per heavy atom. The number of carbonyl (C=O) groups is 1. The first-order chi connectivity index (χ1) is 9.15. The van der Waals surface area contributed by atoms with Crippen molar-refractivity contribution in [3.05, 3.63) is 35.9 Å². The fourth-order valence-corrected chi connectivity index (χ4v) is 3.28. The largest absolute Gasteiger partial charge is 0.353 e. The van der Waals surface area contributed by atoms with Gasteiger partial charge in [0.1, 0.15) is 0 Å². The quantitative estimate of drug-likeness (QED) is 0.836. The van der Waals surface area contributed by atoms with Crippen LogP contribution in [-0.2, 0) is 11.2 Å². The molecule has 1 aromatic rings. The molecule has 0 bridgehead atoms. The lowest BCUT2D eigenvalue weighted by atomic mass is 9.84. The summed E-state index contributed by atoms with van der Waals surface area (Å²) < 4.78 is 0.266. The summed E-state index contributed by atoms with van der Waals surface area (Å²) in [5.41, 5.74) is 7.07. The first-order valence-electron chi connectivity index (χ1n) is 6.78. The molecule has 1 unspecified atom stereocenters. The standard InChI is InChI=1S/C15H22N2OS/c1-19-15(8-5-9-15)11-17-14(18)13(16)10-12-6-3-2-4-7-12/h2-4,6-7,13H,5,8-11,16H2,1H3,(H,17,18). The van der Waals surface area contributed by atoms with E-state index in [0.29, 0.717) is 6.42 Å². The van der Waals surface area contributed by atoms with Gasteiger partial charge in [-0.1, -0.05) is 36.8 Å². The molecule has 104 valence electrons. The molecule has 19 heavy (non-hydrogen) atoms. The maximum absolute atomic E-state index is 12.0. The molecule has 1 saturated carbocycles. The van der Waals surface area contributed by atoms with E-state index in [-0.39, 0.29) is 10.7 Å². The molecular formula is C15H22N2OS. The fourth-order valence-electron chi connectivity index (χ4n) is 2.36. The zero-order valence-corrected chi connectivity index (χ0v) is 12.2. The fraction of sp³-hybridized carbons (Fsp3) is 0.533. The minimum atomic E-state index is -0.457. The monoisotopic (exact) mass is 278 g/mol. The third-order valence-electron chi connectivity index (χ3n) is 3.92. The number of hydrogen-bond acceptors (Lipinski definition) is 3. The Morgan fingerprint density at radius 2 is 2.11 bits per heavy atom. The normalized spacial score (nSPS) is 18.4. The highest BCUT2D eigenvalue weighted by molar-refractivity contribution is 8.00. The topological polar surface area (TPSA) is 55.1 Å². The Kier molecular flexibility index (Phi) is 4.88. The number of rotatable bonds is 6. The second kappa shape index (κ2) is 6.44. The molecule has 0 aromatic heterocycles. The summed E-state index contributed by atoms with van der Waals surface area (Å²) >= 11 is 1.86. The highest BCUT2D eigenvalue weighted by atomic mass is 32.2. The molecule has 4 heteroatoms. The minimum Gasteiger partial charge on any atom is -0.353 e. The van der Waals surface area contributed by atoms with E-state index in [9.17, 15) is 4.79 Å². The SMILES string of the molecule is CSC1(CNC(=O)C(N)Cc2ccccc2)CCC1. The van der Waals surface area contributed by atoms with Gasteiger partial charge in [0.2, 0.25) is 5.91 Å². The minimum absolute atomic E-state index is 0.0378. The molecule has 1 aromatic carbocycles. The maximum atomic E-state index is 12.0. The van der Waals surface area contributed by atoms with Gasteiger partial charge in [-0.05, 0) is 31.1 Å². The van der Waals surface area contributed by atoms with Gasteiger partial charge in [-0.15, -0.1) is 0 Å². The van der Waals surface area contributed by atoms with Gasteiger partial charge in [0.05, 0.1) is 6.04 Å². The highest BCUT2D eigenvalue weighted by Gasteiger charge is 2.36. The summed E-state index contributed by atoms with van der Waals surface area (Å²) in [7, 11) is 0. The summed E-state index contributed by atoms with van der Waals surface area (Å²) in [4.78, 5) is 12.0. The van der Waals surface area contributed by atoms with Gasteiger partial charge in [0, 0.05) is 11.3 Å². The Hall–Kier alpha value is -1.00. The van der Waals surface area contributed by atoms with Crippen molar-refractivity contribution in [3.63, 3.8) is 0 Å². The van der Waals surface area contributed by atoms with Crippen molar-refractivity contribution in [1.82, 2.24) is 5.32 Å². The van der Waals surface area contributed by atoms with Gasteiger partial charge in [-0.25, -0.2) is 0 Å². The van der Waals surface area contributed by atoms with Crippen LogP contribution in [0.5, 0.6) is 0 Å². The van der Waals surface area contributed by atoms with E-state index >= 15 is 0 Å². The van der Waals surface area contributed by atoms with Crippen LogP contribution < -0.4 is 11.1 Å². The molecule has 0 heterocycles. The molecule has 0 spiro atoms. The lowest BCUT2D eigenvalue weighted by Crippen LogP contribution is -2.50. The van der Waals surface area contributed by atoms with Crippen LogP contribution in [0.2, 0.25) is 0 Å². The second-order valence-corrected chi connectivity index (χ2v) is 6.53. The number of hydrogen-bond donors (Lipinski definition) is 2.